The molecule has 0 spiro atoms. The normalized spacial score (nSPS) is 12.1. The van der Waals surface area contributed by atoms with Crippen molar-refractivity contribution < 1.29 is 14.3 Å². The zero-order valence-corrected chi connectivity index (χ0v) is 22.2. The van der Waals surface area contributed by atoms with Gasteiger partial charge < -0.3 is 14.8 Å². The van der Waals surface area contributed by atoms with Gasteiger partial charge in [0.05, 0.1) is 0 Å². The Balaban J connectivity index is 1.90. The fourth-order valence-corrected chi connectivity index (χ4v) is 3.22. The fraction of sp³-hybridized carbons (Fsp3) is 0.500. The number of carbonyl (C=O) groups excluding carboxylic acids is 1. The number of nitrogens with one attached hydrogen (secondary N) is 1. The number of unbranched alkanes of at least 4 members (excludes halogenated alkanes) is 1. The topological polar surface area (TPSA) is 47.6 Å². The van der Waals surface area contributed by atoms with Crippen molar-refractivity contribution in [1.29, 1.82) is 0 Å². The lowest BCUT2D eigenvalue weighted by Gasteiger charge is -2.29. The van der Waals surface area contributed by atoms with Crippen molar-refractivity contribution >= 4 is 12.0 Å². The van der Waals surface area contributed by atoms with E-state index in [2.05, 4.69) is 59.8 Å². The predicted molar refractivity (Wildman–Crippen MR) is 143 cm³/mol. The van der Waals surface area contributed by atoms with Gasteiger partial charge in [0, 0.05) is 18.7 Å². The van der Waals surface area contributed by atoms with Crippen molar-refractivity contribution in [1.82, 2.24) is 5.32 Å². The number of aryl methyl sites for hydroxylation is 2. The van der Waals surface area contributed by atoms with Gasteiger partial charge in [-0.3, -0.25) is 4.79 Å². The standard InChI is InChI=1S/C30H43NO3/c1-8-29(4,5)33-26-19-18-25(27(22-26)34-30(6,7)9-2)12-10-11-21-31-28(32)20-17-24-15-13-23(3)14-16-24/h13-20,22H,8-12,21H2,1-7H3,(H,31,32)/b20-17+. The molecule has 0 atom stereocenters. The first-order valence-corrected chi connectivity index (χ1v) is 12.6. The molecule has 2 rings (SSSR count). The van der Waals surface area contributed by atoms with Crippen LogP contribution in [0.3, 0.4) is 0 Å². The smallest absolute Gasteiger partial charge is 0.243 e. The minimum atomic E-state index is -0.245. The summed E-state index contributed by atoms with van der Waals surface area (Å²) >= 11 is 0. The van der Waals surface area contributed by atoms with Crippen LogP contribution < -0.4 is 14.8 Å². The van der Waals surface area contributed by atoms with E-state index in [1.807, 2.05) is 42.5 Å². The lowest BCUT2D eigenvalue weighted by molar-refractivity contribution is -0.116. The van der Waals surface area contributed by atoms with Crippen molar-refractivity contribution in [3.05, 3.63) is 65.2 Å². The summed E-state index contributed by atoms with van der Waals surface area (Å²) in [5.41, 5.74) is 2.95. The van der Waals surface area contributed by atoms with Crippen LogP contribution in [-0.4, -0.2) is 23.7 Å². The van der Waals surface area contributed by atoms with Crippen molar-refractivity contribution in [2.45, 2.75) is 91.8 Å². The van der Waals surface area contributed by atoms with Gasteiger partial charge in [0.25, 0.3) is 0 Å². The quantitative estimate of drug-likeness (QED) is 0.250. The summed E-state index contributed by atoms with van der Waals surface area (Å²) in [6, 6.07) is 14.3. The molecule has 2 aromatic carbocycles. The number of rotatable bonds is 13. The number of hydrogen-bond acceptors (Lipinski definition) is 3. The molecule has 1 amide bonds. The zero-order valence-electron chi connectivity index (χ0n) is 22.2. The minimum absolute atomic E-state index is 0.0608. The molecule has 0 saturated heterocycles. The Bertz CT molecular complexity index is 942. The van der Waals surface area contributed by atoms with E-state index >= 15 is 0 Å². The first-order valence-electron chi connectivity index (χ1n) is 12.6. The maximum atomic E-state index is 12.1. The van der Waals surface area contributed by atoms with Crippen LogP contribution in [0.4, 0.5) is 0 Å². The van der Waals surface area contributed by atoms with E-state index in [0.29, 0.717) is 6.54 Å². The first-order chi connectivity index (χ1) is 16.0. The summed E-state index contributed by atoms with van der Waals surface area (Å²) < 4.78 is 12.6. The molecule has 0 aliphatic carbocycles. The molecule has 4 heteroatoms. The third-order valence-corrected chi connectivity index (χ3v) is 6.20. The lowest BCUT2D eigenvalue weighted by Crippen LogP contribution is -2.28. The van der Waals surface area contributed by atoms with Gasteiger partial charge in [-0.25, -0.2) is 0 Å². The Morgan fingerprint density at radius 1 is 0.912 bits per heavy atom. The van der Waals surface area contributed by atoms with Gasteiger partial charge in [-0.2, -0.15) is 0 Å². The molecular formula is C30H43NO3. The number of benzene rings is 2. The van der Waals surface area contributed by atoms with Gasteiger partial charge in [0.2, 0.25) is 5.91 Å². The van der Waals surface area contributed by atoms with E-state index in [1.54, 1.807) is 6.08 Å². The molecule has 1 N–H and O–H groups in total. The molecule has 4 nitrogen and oxygen atoms in total. The summed E-state index contributed by atoms with van der Waals surface area (Å²) in [5.74, 6) is 1.67. The van der Waals surface area contributed by atoms with Crippen molar-refractivity contribution in [2.75, 3.05) is 6.54 Å². The van der Waals surface area contributed by atoms with E-state index < -0.39 is 0 Å². The van der Waals surface area contributed by atoms with Crippen LogP contribution in [0.15, 0.2) is 48.5 Å². The summed E-state index contributed by atoms with van der Waals surface area (Å²) in [7, 11) is 0. The Morgan fingerprint density at radius 2 is 1.56 bits per heavy atom. The monoisotopic (exact) mass is 465 g/mol. The van der Waals surface area contributed by atoms with Gasteiger partial charge in [-0.1, -0.05) is 49.7 Å². The predicted octanol–water partition coefficient (Wildman–Crippen LogP) is 7.28. The lowest BCUT2D eigenvalue weighted by atomic mass is 10.0. The highest BCUT2D eigenvalue weighted by molar-refractivity contribution is 5.91. The number of hydrogen-bond donors (Lipinski definition) is 1. The van der Waals surface area contributed by atoms with E-state index in [4.69, 9.17) is 9.47 Å². The molecule has 0 saturated carbocycles. The van der Waals surface area contributed by atoms with E-state index in [9.17, 15) is 4.79 Å². The average molecular weight is 466 g/mol. The third-order valence-electron chi connectivity index (χ3n) is 6.20. The van der Waals surface area contributed by atoms with E-state index in [-0.39, 0.29) is 17.1 Å². The Kier molecular flexibility index (Phi) is 10.2. The van der Waals surface area contributed by atoms with Crippen LogP contribution in [0.5, 0.6) is 11.5 Å². The molecule has 0 aliphatic rings. The fourth-order valence-electron chi connectivity index (χ4n) is 3.22. The van der Waals surface area contributed by atoms with Crippen molar-refractivity contribution in [2.24, 2.45) is 0 Å². The molecule has 0 fully saturated rings. The van der Waals surface area contributed by atoms with Gasteiger partial charge in [-0.15, -0.1) is 0 Å². The Labute approximate surface area is 206 Å². The maximum Gasteiger partial charge on any atom is 0.243 e. The van der Waals surface area contributed by atoms with Crippen molar-refractivity contribution in [3.8, 4) is 11.5 Å². The molecule has 0 radical (unpaired) electrons. The first kappa shape index (κ1) is 27.5. The van der Waals surface area contributed by atoms with E-state index in [0.717, 1.165) is 49.2 Å². The second kappa shape index (κ2) is 12.6. The second-order valence-electron chi connectivity index (χ2n) is 10.2. The summed E-state index contributed by atoms with van der Waals surface area (Å²) in [4.78, 5) is 12.1. The molecular weight excluding hydrogens is 422 g/mol. The number of carbonyl (C=O) groups is 1. The number of amides is 1. The largest absolute Gasteiger partial charge is 0.488 e. The Hall–Kier alpha value is -2.75. The molecule has 2 aromatic rings. The van der Waals surface area contributed by atoms with Gasteiger partial charge in [0.15, 0.2) is 0 Å². The van der Waals surface area contributed by atoms with Crippen LogP contribution >= 0.6 is 0 Å². The molecule has 0 unspecified atom stereocenters. The van der Waals surface area contributed by atoms with Crippen LogP contribution in [0.2, 0.25) is 0 Å². The van der Waals surface area contributed by atoms with Crippen LogP contribution in [0.25, 0.3) is 6.08 Å². The summed E-state index contributed by atoms with van der Waals surface area (Å²) in [6.07, 6.45) is 8.05. The van der Waals surface area contributed by atoms with Gasteiger partial charge in [0.1, 0.15) is 22.7 Å². The SMILES string of the molecule is CCC(C)(C)Oc1ccc(CCCCNC(=O)/C=C/c2ccc(C)cc2)c(OC(C)(C)CC)c1. The highest BCUT2D eigenvalue weighted by atomic mass is 16.5. The molecule has 0 aromatic heterocycles. The molecule has 34 heavy (non-hydrogen) atoms. The molecule has 0 bridgehead atoms. The maximum absolute atomic E-state index is 12.1. The van der Waals surface area contributed by atoms with Gasteiger partial charge in [-0.05, 0) is 90.0 Å². The molecule has 0 aliphatic heterocycles. The van der Waals surface area contributed by atoms with Crippen molar-refractivity contribution in [3.63, 3.8) is 0 Å². The van der Waals surface area contributed by atoms with Crippen LogP contribution in [-0.2, 0) is 11.2 Å². The van der Waals surface area contributed by atoms with Crippen LogP contribution in [0.1, 0.15) is 83.9 Å². The molecule has 186 valence electrons. The highest BCUT2D eigenvalue weighted by Crippen LogP contribution is 2.32. The highest BCUT2D eigenvalue weighted by Gasteiger charge is 2.21. The summed E-state index contributed by atoms with van der Waals surface area (Å²) in [6.45, 7) is 15.4. The average Bonchev–Trinajstić information content (AvgIpc) is 2.79. The van der Waals surface area contributed by atoms with Crippen LogP contribution in [0, 0.1) is 6.92 Å². The van der Waals surface area contributed by atoms with Gasteiger partial charge >= 0.3 is 0 Å². The summed E-state index contributed by atoms with van der Waals surface area (Å²) in [5, 5.41) is 2.98. The zero-order chi connectivity index (χ0) is 25.2. The Morgan fingerprint density at radius 3 is 2.21 bits per heavy atom. The minimum Gasteiger partial charge on any atom is -0.488 e. The second-order valence-corrected chi connectivity index (χ2v) is 10.2. The number of ether oxygens (including phenoxy) is 2. The van der Waals surface area contributed by atoms with E-state index in [1.165, 1.54) is 11.1 Å². The third kappa shape index (κ3) is 9.62. The molecule has 0 heterocycles.